The SMILES string of the molecule is CS(=O)(=O)N1CCC(Nc2ncc3cc(CCO)c(=O)n(CCCS(=O)(=O)n4cnc(C5CC5)n4)c3n2)CC1. The quantitative estimate of drug-likeness (QED) is 0.309. The summed E-state index contributed by atoms with van der Waals surface area (Å²) < 4.78 is 53.0. The lowest BCUT2D eigenvalue weighted by molar-refractivity contribution is 0.299. The van der Waals surface area contributed by atoms with Gasteiger partial charge in [0.05, 0.1) is 12.0 Å². The van der Waals surface area contributed by atoms with E-state index in [1.54, 1.807) is 12.3 Å². The summed E-state index contributed by atoms with van der Waals surface area (Å²) in [5, 5.41) is 17.4. The summed E-state index contributed by atoms with van der Waals surface area (Å²) in [7, 11) is -6.99. The van der Waals surface area contributed by atoms with E-state index in [2.05, 4.69) is 25.4 Å². The Balaban J connectivity index is 1.34. The molecule has 4 heterocycles. The minimum atomic E-state index is -3.75. The van der Waals surface area contributed by atoms with Gasteiger partial charge < -0.3 is 10.4 Å². The van der Waals surface area contributed by atoms with Gasteiger partial charge in [0.1, 0.15) is 12.0 Å². The first-order valence-corrected chi connectivity index (χ1v) is 16.4. The number of nitrogens with one attached hydrogen (secondary N) is 1. The maximum Gasteiger partial charge on any atom is 0.255 e. The number of pyridine rings is 1. The number of aliphatic hydroxyl groups is 1. The van der Waals surface area contributed by atoms with Gasteiger partial charge in [-0.1, -0.05) is 0 Å². The summed E-state index contributed by atoms with van der Waals surface area (Å²) >= 11 is 0. The van der Waals surface area contributed by atoms with Gasteiger partial charge >= 0.3 is 0 Å². The summed E-state index contributed by atoms with van der Waals surface area (Å²) in [6.45, 7) is 0.655. The highest BCUT2D eigenvalue weighted by Crippen LogP contribution is 2.37. The van der Waals surface area contributed by atoms with Crippen LogP contribution in [0.5, 0.6) is 0 Å². The lowest BCUT2D eigenvalue weighted by Gasteiger charge is -2.30. The molecule has 2 aliphatic rings. The van der Waals surface area contributed by atoms with Crippen molar-refractivity contribution in [2.45, 2.75) is 57.0 Å². The van der Waals surface area contributed by atoms with Gasteiger partial charge in [0, 0.05) is 61.8 Å². The number of aliphatic hydroxyl groups excluding tert-OH is 1. The van der Waals surface area contributed by atoms with E-state index in [1.807, 2.05) is 0 Å². The number of aromatic nitrogens is 6. The summed E-state index contributed by atoms with van der Waals surface area (Å²) in [5.74, 6) is 0.825. The molecule has 0 bridgehead atoms. The Morgan fingerprint density at radius 2 is 1.85 bits per heavy atom. The van der Waals surface area contributed by atoms with Crippen molar-refractivity contribution in [2.24, 2.45) is 0 Å². The lowest BCUT2D eigenvalue weighted by atomic mass is 10.1. The fourth-order valence-corrected chi connectivity index (χ4v) is 6.69. The van der Waals surface area contributed by atoms with Crippen LogP contribution in [0.25, 0.3) is 11.0 Å². The zero-order chi connectivity index (χ0) is 27.8. The van der Waals surface area contributed by atoms with Crippen molar-refractivity contribution in [1.82, 2.24) is 33.0 Å². The van der Waals surface area contributed by atoms with Gasteiger partial charge in [0.15, 0.2) is 5.82 Å². The number of nitrogens with zero attached hydrogens (tertiary/aromatic N) is 7. The van der Waals surface area contributed by atoms with E-state index in [0.29, 0.717) is 54.3 Å². The van der Waals surface area contributed by atoms with Crippen LogP contribution in [0, 0.1) is 0 Å². The van der Waals surface area contributed by atoms with Crippen LogP contribution in [-0.4, -0.2) is 92.7 Å². The van der Waals surface area contributed by atoms with Crippen LogP contribution in [-0.2, 0) is 33.0 Å². The molecule has 14 nitrogen and oxygen atoms in total. The van der Waals surface area contributed by atoms with E-state index in [-0.39, 0.29) is 49.3 Å². The standard InChI is InChI=1S/C23H32N8O6S2/c1-38(34,35)29-9-5-19(6-10-29)26-23-24-14-18-13-17(7-11-32)22(33)30(21(18)27-23)8-2-12-39(36,37)31-15-25-20(28-31)16-3-4-16/h13-16,19,32H,2-12H2,1H3,(H,24,26,27). The maximum atomic E-state index is 13.2. The third kappa shape index (κ3) is 6.28. The van der Waals surface area contributed by atoms with Gasteiger partial charge in [-0.2, -0.15) is 4.98 Å². The van der Waals surface area contributed by atoms with Gasteiger partial charge in [-0.3, -0.25) is 9.36 Å². The number of hydrogen-bond donors (Lipinski definition) is 2. The van der Waals surface area contributed by atoms with Crippen LogP contribution >= 0.6 is 0 Å². The Labute approximate surface area is 226 Å². The third-order valence-corrected chi connectivity index (χ3v) is 9.89. The molecule has 1 aliphatic heterocycles. The molecule has 5 rings (SSSR count). The Hall–Kier alpha value is -2.95. The second-order valence-corrected chi connectivity index (χ2v) is 14.0. The number of aryl methyl sites for hydroxylation is 1. The molecule has 0 radical (unpaired) electrons. The molecule has 2 N–H and O–H groups in total. The molecule has 0 atom stereocenters. The normalized spacial score (nSPS) is 17.6. The second-order valence-electron chi connectivity index (χ2n) is 10.1. The molecule has 1 saturated heterocycles. The highest BCUT2D eigenvalue weighted by atomic mass is 32.2. The van der Waals surface area contributed by atoms with Gasteiger partial charge in [-0.25, -0.2) is 31.1 Å². The van der Waals surface area contributed by atoms with Crippen LogP contribution in [0.2, 0.25) is 0 Å². The van der Waals surface area contributed by atoms with Crippen molar-refractivity contribution < 1.29 is 21.9 Å². The minimum absolute atomic E-state index is 0.0392. The third-order valence-electron chi connectivity index (χ3n) is 7.04. The first-order valence-electron chi connectivity index (χ1n) is 12.9. The number of rotatable bonds is 11. The smallest absolute Gasteiger partial charge is 0.255 e. The number of sulfonamides is 1. The highest BCUT2D eigenvalue weighted by molar-refractivity contribution is 7.89. The van der Waals surface area contributed by atoms with Crippen molar-refractivity contribution >= 4 is 37.0 Å². The zero-order valence-corrected chi connectivity index (χ0v) is 23.2. The molecule has 2 fully saturated rings. The molecule has 39 heavy (non-hydrogen) atoms. The number of hydrogen-bond acceptors (Lipinski definition) is 11. The Bertz CT molecular complexity index is 1620. The topological polar surface area (TPSA) is 182 Å². The number of piperidine rings is 1. The monoisotopic (exact) mass is 580 g/mol. The predicted octanol–water partition coefficient (Wildman–Crippen LogP) is -0.101. The van der Waals surface area contributed by atoms with E-state index in [9.17, 15) is 26.7 Å². The lowest BCUT2D eigenvalue weighted by Crippen LogP contribution is -2.42. The van der Waals surface area contributed by atoms with Crippen LogP contribution in [0.15, 0.2) is 23.4 Å². The first kappa shape index (κ1) is 27.6. The van der Waals surface area contributed by atoms with Gasteiger partial charge in [0.25, 0.3) is 15.6 Å². The molecule has 0 spiro atoms. The Kier molecular flexibility index (Phi) is 7.72. The summed E-state index contributed by atoms with van der Waals surface area (Å²) in [5.41, 5.74) is 0.384. The van der Waals surface area contributed by atoms with Crippen LogP contribution in [0.4, 0.5) is 5.95 Å². The zero-order valence-electron chi connectivity index (χ0n) is 21.6. The van der Waals surface area contributed by atoms with Crippen molar-refractivity contribution in [3.63, 3.8) is 0 Å². The summed E-state index contributed by atoms with van der Waals surface area (Å²) in [4.78, 5) is 26.3. The Morgan fingerprint density at radius 1 is 1.10 bits per heavy atom. The molecular weight excluding hydrogens is 548 g/mol. The molecule has 0 amide bonds. The van der Waals surface area contributed by atoms with Crippen molar-refractivity contribution in [3.8, 4) is 0 Å². The molecule has 1 aliphatic carbocycles. The van der Waals surface area contributed by atoms with E-state index >= 15 is 0 Å². The summed E-state index contributed by atoms with van der Waals surface area (Å²) in [6.07, 6.45) is 7.37. The van der Waals surface area contributed by atoms with Crippen molar-refractivity contribution in [1.29, 1.82) is 0 Å². The van der Waals surface area contributed by atoms with E-state index in [0.717, 1.165) is 16.9 Å². The molecule has 0 unspecified atom stereocenters. The van der Waals surface area contributed by atoms with E-state index < -0.39 is 20.0 Å². The van der Waals surface area contributed by atoms with E-state index in [4.69, 9.17) is 0 Å². The molecular formula is C23H32N8O6S2. The van der Waals surface area contributed by atoms with Crippen LogP contribution < -0.4 is 10.9 Å². The van der Waals surface area contributed by atoms with E-state index in [1.165, 1.54) is 21.5 Å². The van der Waals surface area contributed by atoms with Gasteiger partial charge in [-0.15, -0.1) is 9.19 Å². The Morgan fingerprint density at radius 3 is 2.51 bits per heavy atom. The van der Waals surface area contributed by atoms with Crippen LogP contribution in [0.1, 0.15) is 49.4 Å². The fraction of sp³-hybridized carbons (Fsp3) is 0.609. The molecule has 3 aromatic heterocycles. The molecule has 16 heteroatoms. The van der Waals surface area contributed by atoms with Crippen LogP contribution in [0.3, 0.4) is 0 Å². The largest absolute Gasteiger partial charge is 0.396 e. The molecule has 3 aromatic rings. The average molecular weight is 581 g/mol. The predicted molar refractivity (Wildman–Crippen MR) is 143 cm³/mol. The van der Waals surface area contributed by atoms with Crippen molar-refractivity contribution in [2.75, 3.05) is 37.0 Å². The van der Waals surface area contributed by atoms with Gasteiger partial charge in [0.2, 0.25) is 16.0 Å². The maximum absolute atomic E-state index is 13.2. The molecule has 0 aromatic carbocycles. The first-order chi connectivity index (χ1) is 18.5. The van der Waals surface area contributed by atoms with Gasteiger partial charge in [-0.05, 0) is 38.2 Å². The number of anilines is 1. The highest BCUT2D eigenvalue weighted by Gasteiger charge is 2.29. The molecule has 1 saturated carbocycles. The second kappa shape index (κ2) is 10.9. The van der Waals surface area contributed by atoms with Crippen molar-refractivity contribution in [3.05, 3.63) is 40.3 Å². The molecule has 212 valence electrons. The number of fused-ring (bicyclic) bond motifs is 1. The average Bonchev–Trinajstić information content (AvgIpc) is 3.61. The summed E-state index contributed by atoms with van der Waals surface area (Å²) in [6, 6.07) is 1.60. The minimum Gasteiger partial charge on any atom is -0.396 e. The fourth-order valence-electron chi connectivity index (χ4n) is 4.73.